The highest BCUT2D eigenvalue weighted by Crippen LogP contribution is 2.24. The second-order valence-electron chi connectivity index (χ2n) is 5.81. The van der Waals surface area contributed by atoms with Crippen LogP contribution >= 0.6 is 11.6 Å². The zero-order valence-electron chi connectivity index (χ0n) is 14.6. The van der Waals surface area contributed by atoms with Gasteiger partial charge in [-0.15, -0.1) is 0 Å². The molecule has 0 fully saturated rings. The molecule has 27 heavy (non-hydrogen) atoms. The lowest BCUT2D eigenvalue weighted by Crippen LogP contribution is -2.44. The Kier molecular flexibility index (Phi) is 6.29. The molecule has 1 atom stereocenters. The highest BCUT2D eigenvalue weighted by atomic mass is 35.5. The minimum absolute atomic E-state index is 0.00534. The van der Waals surface area contributed by atoms with E-state index in [0.29, 0.717) is 16.3 Å². The lowest BCUT2D eigenvalue weighted by Gasteiger charge is -2.15. The summed E-state index contributed by atoms with van der Waals surface area (Å²) in [4.78, 5) is 22.9. The van der Waals surface area contributed by atoms with Gasteiger partial charge in [-0.3, -0.25) is 9.52 Å². The van der Waals surface area contributed by atoms with Crippen molar-refractivity contribution < 1.29 is 18.0 Å². The van der Waals surface area contributed by atoms with Crippen molar-refractivity contribution in [2.24, 2.45) is 5.73 Å². The predicted octanol–water partition coefficient (Wildman–Crippen LogP) is 2.44. The summed E-state index contributed by atoms with van der Waals surface area (Å²) in [6, 6.07) is 8.96. The Balaban J connectivity index is 2.24. The van der Waals surface area contributed by atoms with Gasteiger partial charge >= 0.3 is 6.03 Å². The van der Waals surface area contributed by atoms with E-state index in [2.05, 4.69) is 15.4 Å². The summed E-state index contributed by atoms with van der Waals surface area (Å²) in [6.45, 7) is 3.09. The van der Waals surface area contributed by atoms with Gasteiger partial charge < -0.3 is 16.4 Å². The van der Waals surface area contributed by atoms with Gasteiger partial charge in [-0.25, -0.2) is 13.2 Å². The van der Waals surface area contributed by atoms with Gasteiger partial charge in [0.1, 0.15) is 6.04 Å². The van der Waals surface area contributed by atoms with Crippen molar-refractivity contribution in [2.45, 2.75) is 24.8 Å². The lowest BCUT2D eigenvalue weighted by atomic mass is 10.2. The van der Waals surface area contributed by atoms with Crippen molar-refractivity contribution in [1.82, 2.24) is 5.32 Å². The van der Waals surface area contributed by atoms with Crippen molar-refractivity contribution in [2.75, 3.05) is 10.0 Å². The van der Waals surface area contributed by atoms with Crippen molar-refractivity contribution in [3.8, 4) is 0 Å². The fourth-order valence-electron chi connectivity index (χ4n) is 2.22. The maximum atomic E-state index is 12.7. The molecule has 2 rings (SSSR count). The van der Waals surface area contributed by atoms with Crippen molar-refractivity contribution >= 4 is 44.9 Å². The molecule has 1 unspecified atom stereocenters. The number of rotatable bonds is 6. The first-order valence-corrected chi connectivity index (χ1v) is 9.70. The van der Waals surface area contributed by atoms with Gasteiger partial charge in [0.15, 0.2) is 0 Å². The summed E-state index contributed by atoms with van der Waals surface area (Å²) in [5.41, 5.74) is 6.10. The van der Waals surface area contributed by atoms with Gasteiger partial charge in [-0.1, -0.05) is 17.7 Å². The van der Waals surface area contributed by atoms with Gasteiger partial charge in [-0.05, 0) is 55.8 Å². The van der Waals surface area contributed by atoms with Crippen LogP contribution < -0.4 is 21.1 Å². The van der Waals surface area contributed by atoms with Crippen LogP contribution in [0, 0.1) is 6.92 Å². The summed E-state index contributed by atoms with van der Waals surface area (Å²) in [7, 11) is -3.89. The smallest absolute Gasteiger partial charge is 0.312 e. The molecule has 0 saturated carbocycles. The van der Waals surface area contributed by atoms with Crippen molar-refractivity contribution in [3.63, 3.8) is 0 Å². The van der Waals surface area contributed by atoms with E-state index < -0.39 is 28.0 Å². The molecule has 5 N–H and O–H groups in total. The molecule has 144 valence electrons. The highest BCUT2D eigenvalue weighted by Gasteiger charge is 2.19. The number of sulfonamides is 1. The van der Waals surface area contributed by atoms with E-state index in [4.69, 9.17) is 17.3 Å². The number of nitrogens with two attached hydrogens (primary N) is 1. The third-order valence-electron chi connectivity index (χ3n) is 3.59. The van der Waals surface area contributed by atoms with Gasteiger partial charge in [0.05, 0.1) is 4.90 Å². The van der Waals surface area contributed by atoms with Gasteiger partial charge in [-0.2, -0.15) is 0 Å². The van der Waals surface area contributed by atoms with Crippen LogP contribution in [-0.2, 0) is 14.8 Å². The number of aryl methyl sites for hydroxylation is 1. The maximum absolute atomic E-state index is 12.7. The van der Waals surface area contributed by atoms with Crippen LogP contribution in [0.2, 0.25) is 5.02 Å². The first-order valence-electron chi connectivity index (χ1n) is 7.84. The third kappa shape index (κ3) is 5.60. The molecule has 2 aromatic carbocycles. The number of carbonyl (C=O) groups excluding carboxylic acids is 2. The Hall–Kier alpha value is -2.78. The second-order valence-corrected chi connectivity index (χ2v) is 7.90. The van der Waals surface area contributed by atoms with Gasteiger partial charge in [0.25, 0.3) is 10.0 Å². The SMILES string of the molecule is Cc1ccc(NC(=O)C(C)NC(N)=O)cc1S(=O)(=O)Nc1ccc(Cl)cc1. The molecule has 0 aromatic heterocycles. The van der Waals surface area contributed by atoms with E-state index in [1.807, 2.05) is 0 Å². The molecule has 3 amide bonds. The molecule has 8 nitrogen and oxygen atoms in total. The Morgan fingerprint density at radius 3 is 2.26 bits per heavy atom. The van der Waals surface area contributed by atoms with Crippen molar-refractivity contribution in [1.29, 1.82) is 0 Å². The second kappa shape index (κ2) is 8.28. The van der Waals surface area contributed by atoms with E-state index in [-0.39, 0.29) is 10.6 Å². The number of benzene rings is 2. The first-order chi connectivity index (χ1) is 12.6. The third-order valence-corrected chi connectivity index (χ3v) is 5.37. The molecule has 0 spiro atoms. The van der Waals surface area contributed by atoms with Crippen molar-refractivity contribution in [3.05, 3.63) is 53.1 Å². The quantitative estimate of drug-likeness (QED) is 0.582. The molecule has 0 aliphatic rings. The zero-order valence-corrected chi connectivity index (χ0v) is 16.2. The van der Waals surface area contributed by atoms with Crippen LogP contribution in [0.15, 0.2) is 47.4 Å². The molecule has 2 aromatic rings. The Labute approximate surface area is 162 Å². The van der Waals surface area contributed by atoms with E-state index >= 15 is 0 Å². The number of halogens is 1. The van der Waals surface area contributed by atoms with E-state index in [9.17, 15) is 18.0 Å². The lowest BCUT2D eigenvalue weighted by molar-refractivity contribution is -0.117. The molecule has 0 radical (unpaired) electrons. The number of carbonyl (C=O) groups is 2. The maximum Gasteiger partial charge on any atom is 0.312 e. The van der Waals surface area contributed by atoms with Gasteiger partial charge in [0.2, 0.25) is 5.91 Å². The number of anilines is 2. The van der Waals surface area contributed by atoms with Crippen LogP contribution in [0.1, 0.15) is 12.5 Å². The molecular formula is C17H19ClN4O4S. The summed E-state index contributed by atoms with van der Waals surface area (Å²) >= 11 is 5.80. The summed E-state index contributed by atoms with van der Waals surface area (Å²) in [5.74, 6) is -0.535. The van der Waals surface area contributed by atoms with Crippen LogP contribution in [0.25, 0.3) is 0 Å². The van der Waals surface area contributed by atoms with E-state index in [1.54, 1.807) is 31.2 Å². The van der Waals surface area contributed by atoms with E-state index in [1.165, 1.54) is 25.1 Å². The average Bonchev–Trinajstić information content (AvgIpc) is 2.57. The Bertz CT molecular complexity index is 961. The minimum Gasteiger partial charge on any atom is -0.352 e. The normalized spacial score (nSPS) is 12.1. The number of urea groups is 1. The van der Waals surface area contributed by atoms with E-state index in [0.717, 1.165) is 0 Å². The van der Waals surface area contributed by atoms with Crippen LogP contribution in [0.4, 0.5) is 16.2 Å². The van der Waals surface area contributed by atoms with Crippen LogP contribution in [-0.4, -0.2) is 26.4 Å². The van der Waals surface area contributed by atoms with Crippen LogP contribution in [0.3, 0.4) is 0 Å². The summed E-state index contributed by atoms with van der Waals surface area (Å²) in [6.07, 6.45) is 0. The molecule has 0 aliphatic carbocycles. The molecule has 0 bridgehead atoms. The standard InChI is InChI=1S/C17H19ClN4O4S/c1-10-3-6-14(21-16(23)11(2)20-17(19)24)9-15(10)27(25,26)22-13-7-4-12(18)5-8-13/h3-9,11,22H,1-2H3,(H,21,23)(H3,19,20,24). The number of nitrogens with one attached hydrogen (secondary N) is 3. The summed E-state index contributed by atoms with van der Waals surface area (Å²) in [5, 5.41) is 5.26. The number of hydrogen-bond donors (Lipinski definition) is 4. The monoisotopic (exact) mass is 410 g/mol. The fourth-order valence-corrected chi connectivity index (χ4v) is 3.68. The minimum atomic E-state index is -3.89. The molecule has 0 aliphatic heterocycles. The topological polar surface area (TPSA) is 130 Å². The fraction of sp³-hybridized carbons (Fsp3) is 0.176. The van der Waals surface area contributed by atoms with Gasteiger partial charge in [0, 0.05) is 16.4 Å². The molecule has 0 saturated heterocycles. The first kappa shape index (κ1) is 20.5. The largest absolute Gasteiger partial charge is 0.352 e. The number of primary amides is 1. The summed E-state index contributed by atoms with van der Waals surface area (Å²) < 4.78 is 27.8. The predicted molar refractivity (Wildman–Crippen MR) is 104 cm³/mol. The molecule has 0 heterocycles. The van der Waals surface area contributed by atoms with Crippen LogP contribution in [0.5, 0.6) is 0 Å². The average molecular weight is 411 g/mol. The highest BCUT2D eigenvalue weighted by molar-refractivity contribution is 7.92. The number of amides is 3. The number of hydrogen-bond acceptors (Lipinski definition) is 4. The Morgan fingerprint density at radius 2 is 1.67 bits per heavy atom. The zero-order chi connectivity index (χ0) is 20.2. The molecular weight excluding hydrogens is 392 g/mol. The Morgan fingerprint density at radius 1 is 1.07 bits per heavy atom. The molecule has 10 heteroatoms.